The van der Waals surface area contributed by atoms with Crippen molar-refractivity contribution >= 4 is 0 Å². The summed E-state index contributed by atoms with van der Waals surface area (Å²) in [6, 6.07) is 0. The third-order valence-corrected chi connectivity index (χ3v) is 2.77. The summed E-state index contributed by atoms with van der Waals surface area (Å²) < 4.78 is 5.80. The first-order valence-electron chi connectivity index (χ1n) is 5.84. The first kappa shape index (κ1) is 12.0. The van der Waals surface area contributed by atoms with E-state index in [9.17, 15) is 0 Å². The standard InChI is InChI=1S/C11H24N2O/c1-3-7-13(8-6-12)9-11-5-4-10(2)14-11/h10-11H,3-9,12H2,1-2H3. The van der Waals surface area contributed by atoms with Crippen LogP contribution in [0.3, 0.4) is 0 Å². The normalized spacial score (nSPS) is 27.4. The lowest BCUT2D eigenvalue weighted by molar-refractivity contribution is 0.0320. The second kappa shape index (κ2) is 6.38. The van der Waals surface area contributed by atoms with Crippen LogP contribution in [0.1, 0.15) is 33.1 Å². The van der Waals surface area contributed by atoms with Gasteiger partial charge in [0.15, 0.2) is 0 Å². The maximum absolute atomic E-state index is 5.80. The Kier molecular flexibility index (Phi) is 5.45. The summed E-state index contributed by atoms with van der Waals surface area (Å²) >= 11 is 0. The second-order valence-corrected chi connectivity index (χ2v) is 4.24. The van der Waals surface area contributed by atoms with Gasteiger partial charge in [-0.15, -0.1) is 0 Å². The Bertz CT molecular complexity index is 146. The van der Waals surface area contributed by atoms with Crippen LogP contribution >= 0.6 is 0 Å². The van der Waals surface area contributed by atoms with Gasteiger partial charge in [-0.05, 0) is 32.7 Å². The van der Waals surface area contributed by atoms with Crippen LogP contribution in [0.15, 0.2) is 0 Å². The van der Waals surface area contributed by atoms with Crippen molar-refractivity contribution in [3.63, 3.8) is 0 Å². The van der Waals surface area contributed by atoms with Gasteiger partial charge in [0.2, 0.25) is 0 Å². The van der Waals surface area contributed by atoms with Gasteiger partial charge < -0.3 is 10.5 Å². The van der Waals surface area contributed by atoms with Crippen molar-refractivity contribution in [3.8, 4) is 0 Å². The van der Waals surface area contributed by atoms with E-state index in [4.69, 9.17) is 10.5 Å². The molecule has 84 valence electrons. The molecule has 0 aromatic heterocycles. The van der Waals surface area contributed by atoms with Crippen LogP contribution < -0.4 is 5.73 Å². The third-order valence-electron chi connectivity index (χ3n) is 2.77. The van der Waals surface area contributed by atoms with Gasteiger partial charge in [0, 0.05) is 19.6 Å². The predicted octanol–water partition coefficient (Wildman–Crippen LogP) is 1.22. The molecule has 1 heterocycles. The molecule has 1 aliphatic heterocycles. The number of hydrogen-bond acceptors (Lipinski definition) is 3. The monoisotopic (exact) mass is 200 g/mol. The summed E-state index contributed by atoms with van der Waals surface area (Å²) in [5.41, 5.74) is 5.58. The lowest BCUT2D eigenvalue weighted by atomic mass is 10.2. The molecule has 0 aromatic carbocycles. The number of hydrogen-bond donors (Lipinski definition) is 1. The molecule has 3 nitrogen and oxygen atoms in total. The fraction of sp³-hybridized carbons (Fsp3) is 1.00. The van der Waals surface area contributed by atoms with Crippen molar-refractivity contribution in [2.24, 2.45) is 5.73 Å². The van der Waals surface area contributed by atoms with Gasteiger partial charge in [-0.1, -0.05) is 6.92 Å². The van der Waals surface area contributed by atoms with E-state index >= 15 is 0 Å². The first-order chi connectivity index (χ1) is 6.76. The summed E-state index contributed by atoms with van der Waals surface area (Å²) in [4.78, 5) is 2.42. The van der Waals surface area contributed by atoms with E-state index in [0.29, 0.717) is 12.2 Å². The van der Waals surface area contributed by atoms with Crippen LogP contribution in [0.5, 0.6) is 0 Å². The minimum absolute atomic E-state index is 0.447. The minimum Gasteiger partial charge on any atom is -0.374 e. The highest BCUT2D eigenvalue weighted by molar-refractivity contribution is 4.74. The topological polar surface area (TPSA) is 38.5 Å². The molecule has 0 aromatic rings. The largest absolute Gasteiger partial charge is 0.374 e. The molecule has 0 bridgehead atoms. The average Bonchev–Trinajstić information content (AvgIpc) is 2.52. The van der Waals surface area contributed by atoms with Crippen LogP contribution in [0.4, 0.5) is 0 Å². The van der Waals surface area contributed by atoms with Crippen LogP contribution in [0.25, 0.3) is 0 Å². The van der Waals surface area contributed by atoms with Gasteiger partial charge in [-0.3, -0.25) is 4.90 Å². The summed E-state index contributed by atoms with van der Waals surface area (Å²) in [6.07, 6.45) is 4.53. The number of rotatable bonds is 6. The molecule has 3 heteroatoms. The van der Waals surface area contributed by atoms with Gasteiger partial charge in [-0.2, -0.15) is 0 Å². The van der Waals surface area contributed by atoms with Gasteiger partial charge in [-0.25, -0.2) is 0 Å². The van der Waals surface area contributed by atoms with E-state index in [2.05, 4.69) is 18.7 Å². The minimum atomic E-state index is 0.447. The molecular weight excluding hydrogens is 176 g/mol. The molecule has 2 N–H and O–H groups in total. The molecule has 14 heavy (non-hydrogen) atoms. The Morgan fingerprint density at radius 1 is 1.36 bits per heavy atom. The molecule has 0 aliphatic carbocycles. The van der Waals surface area contributed by atoms with Crippen LogP contribution in [0.2, 0.25) is 0 Å². The SMILES string of the molecule is CCCN(CCN)CC1CCC(C)O1. The van der Waals surface area contributed by atoms with E-state index in [1.54, 1.807) is 0 Å². The summed E-state index contributed by atoms with van der Waals surface area (Å²) in [7, 11) is 0. The highest BCUT2D eigenvalue weighted by atomic mass is 16.5. The fourth-order valence-corrected chi connectivity index (χ4v) is 2.10. The molecule has 1 rings (SSSR count). The van der Waals surface area contributed by atoms with Crippen molar-refractivity contribution in [1.82, 2.24) is 4.90 Å². The van der Waals surface area contributed by atoms with Crippen molar-refractivity contribution in [1.29, 1.82) is 0 Å². The van der Waals surface area contributed by atoms with Crippen molar-refractivity contribution in [2.45, 2.75) is 45.3 Å². The Morgan fingerprint density at radius 3 is 2.64 bits per heavy atom. The maximum Gasteiger partial charge on any atom is 0.0706 e. The average molecular weight is 200 g/mol. The molecule has 2 atom stereocenters. The van der Waals surface area contributed by atoms with E-state index in [0.717, 1.165) is 26.2 Å². The zero-order chi connectivity index (χ0) is 10.4. The summed E-state index contributed by atoms with van der Waals surface area (Å²) in [6.45, 7) is 8.33. The van der Waals surface area contributed by atoms with Gasteiger partial charge in [0.05, 0.1) is 12.2 Å². The Labute approximate surface area is 87.6 Å². The Balaban J connectivity index is 2.24. The fourth-order valence-electron chi connectivity index (χ4n) is 2.10. The molecule has 1 saturated heterocycles. The molecule has 0 saturated carbocycles. The molecule has 1 aliphatic rings. The molecule has 0 spiro atoms. The molecule has 0 amide bonds. The van der Waals surface area contributed by atoms with E-state index < -0.39 is 0 Å². The lowest BCUT2D eigenvalue weighted by Crippen LogP contribution is -2.36. The van der Waals surface area contributed by atoms with E-state index in [1.807, 2.05) is 0 Å². The first-order valence-corrected chi connectivity index (χ1v) is 5.84. The van der Waals surface area contributed by atoms with Gasteiger partial charge in [0.25, 0.3) is 0 Å². The van der Waals surface area contributed by atoms with E-state index in [-0.39, 0.29) is 0 Å². The molecule has 1 fully saturated rings. The molecular formula is C11H24N2O. The Hall–Kier alpha value is -0.120. The maximum atomic E-state index is 5.80. The quantitative estimate of drug-likeness (QED) is 0.701. The third kappa shape index (κ3) is 3.95. The summed E-state index contributed by atoms with van der Waals surface area (Å²) in [5.74, 6) is 0. The second-order valence-electron chi connectivity index (χ2n) is 4.24. The number of nitrogens with zero attached hydrogens (tertiary/aromatic N) is 1. The van der Waals surface area contributed by atoms with Crippen LogP contribution in [-0.4, -0.2) is 43.3 Å². The highest BCUT2D eigenvalue weighted by Crippen LogP contribution is 2.19. The predicted molar refractivity (Wildman–Crippen MR) is 59.4 cm³/mol. The van der Waals surface area contributed by atoms with Crippen molar-refractivity contribution in [2.75, 3.05) is 26.2 Å². The van der Waals surface area contributed by atoms with Crippen LogP contribution in [-0.2, 0) is 4.74 Å². The number of ether oxygens (including phenoxy) is 1. The van der Waals surface area contributed by atoms with E-state index in [1.165, 1.54) is 19.3 Å². The highest BCUT2D eigenvalue weighted by Gasteiger charge is 2.23. The van der Waals surface area contributed by atoms with Crippen molar-refractivity contribution < 1.29 is 4.74 Å². The van der Waals surface area contributed by atoms with Crippen molar-refractivity contribution in [3.05, 3.63) is 0 Å². The smallest absolute Gasteiger partial charge is 0.0706 e. The van der Waals surface area contributed by atoms with Crippen LogP contribution in [0, 0.1) is 0 Å². The zero-order valence-corrected chi connectivity index (χ0v) is 9.54. The molecule has 0 radical (unpaired) electrons. The van der Waals surface area contributed by atoms with Gasteiger partial charge in [0.1, 0.15) is 0 Å². The summed E-state index contributed by atoms with van der Waals surface area (Å²) in [5, 5.41) is 0. The van der Waals surface area contributed by atoms with Gasteiger partial charge >= 0.3 is 0 Å². The molecule has 2 unspecified atom stereocenters. The number of nitrogens with two attached hydrogens (primary N) is 1. The Morgan fingerprint density at radius 2 is 2.14 bits per heavy atom. The zero-order valence-electron chi connectivity index (χ0n) is 9.54. The lowest BCUT2D eigenvalue weighted by Gasteiger charge is -2.24.